The van der Waals surface area contributed by atoms with Gasteiger partial charge in [-0.1, -0.05) is 6.42 Å². The average Bonchev–Trinajstić information content (AvgIpc) is 2.28. The minimum absolute atomic E-state index is 0.692. The Morgan fingerprint density at radius 2 is 2.17 bits per heavy atom. The predicted octanol–water partition coefficient (Wildman–Crippen LogP) is 1.46. The van der Waals surface area contributed by atoms with Gasteiger partial charge in [-0.2, -0.15) is 0 Å². The zero-order valence-electron chi connectivity index (χ0n) is 8.42. The first-order chi connectivity index (χ1) is 5.74. The summed E-state index contributed by atoms with van der Waals surface area (Å²) < 4.78 is 0. The van der Waals surface area contributed by atoms with Crippen LogP contribution in [0.4, 0.5) is 0 Å². The van der Waals surface area contributed by atoms with Crippen molar-refractivity contribution in [2.24, 2.45) is 11.7 Å². The molecular weight excluding hydrogens is 148 g/mol. The molecule has 2 nitrogen and oxygen atoms in total. The van der Waals surface area contributed by atoms with Crippen LogP contribution in [0.2, 0.25) is 0 Å². The number of hydrogen-bond acceptors (Lipinski definition) is 2. The van der Waals surface area contributed by atoms with Gasteiger partial charge in [0.25, 0.3) is 0 Å². The molecule has 1 unspecified atom stereocenters. The van der Waals surface area contributed by atoms with Gasteiger partial charge in [-0.15, -0.1) is 0 Å². The summed E-state index contributed by atoms with van der Waals surface area (Å²) in [4.78, 5) is 2.56. The summed E-state index contributed by atoms with van der Waals surface area (Å²) in [6.45, 7) is 7.91. The summed E-state index contributed by atoms with van der Waals surface area (Å²) in [6, 6.07) is 0.692. The lowest BCUT2D eigenvalue weighted by Gasteiger charge is -2.27. The third-order valence-electron chi connectivity index (χ3n) is 2.86. The summed E-state index contributed by atoms with van der Waals surface area (Å²) in [5, 5.41) is 0. The van der Waals surface area contributed by atoms with Crippen molar-refractivity contribution in [3.05, 3.63) is 0 Å². The Labute approximate surface area is 76.1 Å². The van der Waals surface area contributed by atoms with Crippen LogP contribution in [0.25, 0.3) is 0 Å². The number of hydrogen-bond donors (Lipinski definition) is 1. The highest BCUT2D eigenvalue weighted by Crippen LogP contribution is 2.16. The molecule has 0 bridgehead atoms. The van der Waals surface area contributed by atoms with Crippen molar-refractivity contribution >= 4 is 0 Å². The van der Waals surface area contributed by atoms with Gasteiger partial charge in [0.05, 0.1) is 0 Å². The maximum absolute atomic E-state index is 5.71. The zero-order chi connectivity index (χ0) is 8.97. The number of rotatable bonds is 2. The minimum Gasteiger partial charge on any atom is -0.330 e. The first-order valence-electron chi connectivity index (χ1n) is 5.18. The van der Waals surface area contributed by atoms with Crippen molar-refractivity contribution in [2.75, 3.05) is 19.6 Å². The van der Waals surface area contributed by atoms with E-state index < -0.39 is 0 Å². The van der Waals surface area contributed by atoms with E-state index in [0.29, 0.717) is 6.04 Å². The van der Waals surface area contributed by atoms with Crippen molar-refractivity contribution in [1.82, 2.24) is 4.90 Å². The molecule has 0 radical (unpaired) electrons. The van der Waals surface area contributed by atoms with Crippen LogP contribution >= 0.6 is 0 Å². The van der Waals surface area contributed by atoms with E-state index in [2.05, 4.69) is 18.7 Å². The Morgan fingerprint density at radius 3 is 2.75 bits per heavy atom. The van der Waals surface area contributed by atoms with Crippen LogP contribution in [0.3, 0.4) is 0 Å². The Kier molecular flexibility index (Phi) is 4.02. The molecule has 2 heteroatoms. The van der Waals surface area contributed by atoms with E-state index >= 15 is 0 Å². The first-order valence-corrected chi connectivity index (χ1v) is 5.18. The molecule has 1 saturated heterocycles. The lowest BCUT2D eigenvalue weighted by atomic mass is 10.0. The van der Waals surface area contributed by atoms with Gasteiger partial charge < -0.3 is 10.6 Å². The lowest BCUT2D eigenvalue weighted by Crippen LogP contribution is -2.36. The quantitative estimate of drug-likeness (QED) is 0.680. The van der Waals surface area contributed by atoms with Crippen LogP contribution in [0.15, 0.2) is 0 Å². The number of nitrogens with two attached hydrogens (primary N) is 1. The lowest BCUT2D eigenvalue weighted by molar-refractivity contribution is 0.204. The molecule has 1 heterocycles. The molecule has 1 aliphatic heterocycles. The Hall–Kier alpha value is -0.0800. The van der Waals surface area contributed by atoms with Crippen LogP contribution in [-0.4, -0.2) is 30.6 Å². The SMILES string of the molecule is CC(C)N1CCCCC(CN)C1. The second-order valence-corrected chi connectivity index (χ2v) is 4.19. The van der Waals surface area contributed by atoms with Crippen molar-refractivity contribution in [2.45, 2.75) is 39.2 Å². The van der Waals surface area contributed by atoms with Crippen molar-refractivity contribution < 1.29 is 0 Å². The highest BCUT2D eigenvalue weighted by Gasteiger charge is 2.18. The largest absolute Gasteiger partial charge is 0.330 e. The van der Waals surface area contributed by atoms with Gasteiger partial charge in [-0.25, -0.2) is 0 Å². The van der Waals surface area contributed by atoms with E-state index in [1.165, 1.54) is 32.4 Å². The molecule has 0 aromatic rings. The molecule has 1 atom stereocenters. The van der Waals surface area contributed by atoms with Gasteiger partial charge in [0.2, 0.25) is 0 Å². The summed E-state index contributed by atoms with van der Waals surface area (Å²) in [5.41, 5.74) is 5.71. The molecule has 0 amide bonds. The molecule has 2 N–H and O–H groups in total. The summed E-state index contributed by atoms with van der Waals surface area (Å²) in [5.74, 6) is 0.745. The summed E-state index contributed by atoms with van der Waals surface area (Å²) in [7, 11) is 0. The fraction of sp³-hybridized carbons (Fsp3) is 1.00. The fourth-order valence-electron chi connectivity index (χ4n) is 1.92. The molecule has 12 heavy (non-hydrogen) atoms. The van der Waals surface area contributed by atoms with Crippen LogP contribution < -0.4 is 5.73 Å². The van der Waals surface area contributed by atoms with Gasteiger partial charge in [0.15, 0.2) is 0 Å². The van der Waals surface area contributed by atoms with Gasteiger partial charge in [-0.05, 0) is 45.7 Å². The summed E-state index contributed by atoms with van der Waals surface area (Å²) in [6.07, 6.45) is 4.06. The fourth-order valence-corrected chi connectivity index (χ4v) is 1.92. The second kappa shape index (κ2) is 4.83. The highest BCUT2D eigenvalue weighted by molar-refractivity contribution is 4.73. The summed E-state index contributed by atoms with van der Waals surface area (Å²) >= 11 is 0. The maximum atomic E-state index is 5.71. The molecule has 0 aromatic carbocycles. The molecular formula is C10H22N2. The molecule has 1 fully saturated rings. The molecule has 0 saturated carbocycles. The van der Waals surface area contributed by atoms with Gasteiger partial charge >= 0.3 is 0 Å². The van der Waals surface area contributed by atoms with Crippen molar-refractivity contribution in [3.63, 3.8) is 0 Å². The topological polar surface area (TPSA) is 29.3 Å². The smallest absolute Gasteiger partial charge is 0.00387 e. The van der Waals surface area contributed by atoms with Gasteiger partial charge in [-0.3, -0.25) is 0 Å². The molecule has 72 valence electrons. The monoisotopic (exact) mass is 170 g/mol. The molecule has 0 aromatic heterocycles. The van der Waals surface area contributed by atoms with E-state index in [0.717, 1.165) is 12.5 Å². The standard InChI is InChI=1S/C10H22N2/c1-9(2)12-6-4-3-5-10(7-11)8-12/h9-10H,3-8,11H2,1-2H3. The Balaban J connectivity index is 2.42. The van der Waals surface area contributed by atoms with Crippen molar-refractivity contribution in [3.8, 4) is 0 Å². The number of likely N-dealkylation sites (tertiary alicyclic amines) is 1. The average molecular weight is 170 g/mol. The minimum atomic E-state index is 0.692. The molecule has 1 aliphatic rings. The van der Waals surface area contributed by atoms with E-state index in [1.54, 1.807) is 0 Å². The molecule has 0 spiro atoms. The van der Waals surface area contributed by atoms with E-state index in [-0.39, 0.29) is 0 Å². The van der Waals surface area contributed by atoms with Crippen LogP contribution in [0.1, 0.15) is 33.1 Å². The van der Waals surface area contributed by atoms with Crippen LogP contribution in [0.5, 0.6) is 0 Å². The van der Waals surface area contributed by atoms with E-state index in [4.69, 9.17) is 5.73 Å². The second-order valence-electron chi connectivity index (χ2n) is 4.19. The third kappa shape index (κ3) is 2.76. The molecule has 0 aliphatic carbocycles. The molecule has 1 rings (SSSR count). The zero-order valence-corrected chi connectivity index (χ0v) is 8.42. The van der Waals surface area contributed by atoms with E-state index in [1.807, 2.05) is 0 Å². The van der Waals surface area contributed by atoms with Crippen LogP contribution in [0, 0.1) is 5.92 Å². The Morgan fingerprint density at radius 1 is 1.42 bits per heavy atom. The van der Waals surface area contributed by atoms with Crippen molar-refractivity contribution in [1.29, 1.82) is 0 Å². The van der Waals surface area contributed by atoms with E-state index in [9.17, 15) is 0 Å². The third-order valence-corrected chi connectivity index (χ3v) is 2.86. The van der Waals surface area contributed by atoms with Gasteiger partial charge in [0, 0.05) is 12.6 Å². The number of nitrogens with zero attached hydrogens (tertiary/aromatic N) is 1. The van der Waals surface area contributed by atoms with Crippen LogP contribution in [-0.2, 0) is 0 Å². The highest BCUT2D eigenvalue weighted by atomic mass is 15.1. The first kappa shape index (κ1) is 10.0. The maximum Gasteiger partial charge on any atom is 0.00387 e. The predicted molar refractivity (Wildman–Crippen MR) is 53.1 cm³/mol. The van der Waals surface area contributed by atoms with Gasteiger partial charge in [0.1, 0.15) is 0 Å². The normalized spacial score (nSPS) is 27.5. The Bertz CT molecular complexity index is 123.